The molecule has 4 aromatic carbocycles. The van der Waals surface area contributed by atoms with E-state index in [4.69, 9.17) is 58.0 Å². The third-order valence-corrected chi connectivity index (χ3v) is 10.1. The van der Waals surface area contributed by atoms with Crippen molar-refractivity contribution in [3.05, 3.63) is 114 Å². The minimum atomic E-state index is -0.417. The first-order valence-electron chi connectivity index (χ1n) is 15.1. The van der Waals surface area contributed by atoms with Crippen LogP contribution in [0.15, 0.2) is 60.7 Å². The summed E-state index contributed by atoms with van der Waals surface area (Å²) in [6.45, 7) is 6.33. The van der Waals surface area contributed by atoms with Crippen LogP contribution in [0.2, 0.25) is 25.1 Å². The molecule has 4 heterocycles. The Bertz CT molecular complexity index is 2180. The maximum absolute atomic E-state index is 14.5. The number of halogens is 6. The van der Waals surface area contributed by atoms with Crippen molar-refractivity contribution < 1.29 is 14.0 Å². The second-order valence-corrected chi connectivity index (χ2v) is 13.9. The molecule has 0 spiro atoms. The fourth-order valence-electron chi connectivity index (χ4n) is 6.82. The Morgan fingerprint density at radius 3 is 1.52 bits per heavy atom. The van der Waals surface area contributed by atoms with Crippen LogP contribution in [0.1, 0.15) is 32.1 Å². The molecular formula is C36H26Cl5FN4O2. The summed E-state index contributed by atoms with van der Waals surface area (Å²) < 4.78 is 18.5. The molecule has 0 atom stereocenters. The predicted molar refractivity (Wildman–Crippen MR) is 194 cm³/mol. The lowest BCUT2D eigenvalue weighted by Crippen LogP contribution is -2.35. The normalized spacial score (nSPS) is 13.9. The second-order valence-electron chi connectivity index (χ2n) is 11.7. The molecule has 2 N–H and O–H groups in total. The Balaban J connectivity index is 0.000000152. The SMILES string of the molecule is Cc1c2n(c3c(-c4ccc(Cl)cc4Cl)cc(Cl)cc13)CCNC2=O.Cc1c2n(c3c(-c4ccc(Cl)cc4F)cc(Cl)cc13)CCNC2=O. The number of rotatable bonds is 2. The lowest BCUT2D eigenvalue weighted by Gasteiger charge is -2.19. The van der Waals surface area contributed by atoms with Crippen LogP contribution in [0.25, 0.3) is 44.1 Å². The van der Waals surface area contributed by atoms with E-state index in [0.717, 1.165) is 44.1 Å². The third-order valence-electron chi connectivity index (χ3n) is 8.86. The van der Waals surface area contributed by atoms with Crippen molar-refractivity contribution >= 4 is 91.6 Å². The molecule has 2 amide bonds. The highest BCUT2D eigenvalue weighted by atomic mass is 35.5. The number of hydrogen-bond donors (Lipinski definition) is 2. The van der Waals surface area contributed by atoms with Gasteiger partial charge in [-0.1, -0.05) is 64.1 Å². The molecule has 2 aromatic heterocycles. The van der Waals surface area contributed by atoms with Crippen LogP contribution < -0.4 is 10.6 Å². The van der Waals surface area contributed by atoms with Gasteiger partial charge in [-0.05, 0) is 79.6 Å². The van der Waals surface area contributed by atoms with E-state index in [0.29, 0.717) is 73.8 Å². The number of carbonyl (C=O) groups excluding carboxylic acids is 2. The summed E-state index contributed by atoms with van der Waals surface area (Å²) in [5.41, 5.74) is 7.70. The Morgan fingerprint density at radius 2 is 1.04 bits per heavy atom. The average molecular weight is 743 g/mol. The zero-order valence-corrected chi connectivity index (χ0v) is 29.4. The molecule has 48 heavy (non-hydrogen) atoms. The monoisotopic (exact) mass is 740 g/mol. The van der Waals surface area contributed by atoms with Crippen molar-refractivity contribution in [3.63, 3.8) is 0 Å². The summed E-state index contributed by atoms with van der Waals surface area (Å²) in [5, 5.41) is 10.1. The number of aromatic nitrogens is 2. The van der Waals surface area contributed by atoms with E-state index in [1.165, 1.54) is 6.07 Å². The minimum Gasteiger partial charge on any atom is -0.349 e. The van der Waals surface area contributed by atoms with Crippen LogP contribution in [0.5, 0.6) is 0 Å². The van der Waals surface area contributed by atoms with E-state index in [1.807, 2.05) is 42.7 Å². The number of aryl methyl sites for hydroxylation is 2. The van der Waals surface area contributed by atoms with Crippen LogP contribution >= 0.6 is 58.0 Å². The van der Waals surface area contributed by atoms with Gasteiger partial charge in [-0.2, -0.15) is 0 Å². The van der Waals surface area contributed by atoms with Gasteiger partial charge in [-0.3, -0.25) is 9.59 Å². The summed E-state index contributed by atoms with van der Waals surface area (Å²) in [4.78, 5) is 24.6. The lowest BCUT2D eigenvalue weighted by atomic mass is 10.0. The molecule has 12 heteroatoms. The molecule has 0 saturated carbocycles. The molecule has 0 fully saturated rings. The number of fused-ring (bicyclic) bond motifs is 6. The predicted octanol–water partition coefficient (Wildman–Crippen LogP) is 10.1. The summed E-state index contributed by atoms with van der Waals surface area (Å²) in [6, 6.07) is 17.3. The van der Waals surface area contributed by atoms with E-state index in [1.54, 1.807) is 30.3 Å². The molecule has 0 bridgehead atoms. The van der Waals surface area contributed by atoms with Crippen LogP contribution in [0.3, 0.4) is 0 Å². The number of hydrogen-bond acceptors (Lipinski definition) is 2. The summed E-state index contributed by atoms with van der Waals surface area (Å²) in [5.74, 6) is -0.590. The Kier molecular flexibility index (Phi) is 8.63. The zero-order valence-electron chi connectivity index (χ0n) is 25.6. The molecule has 2 aliphatic heterocycles. The number of carbonyl (C=O) groups is 2. The van der Waals surface area contributed by atoms with Crippen molar-refractivity contribution in [3.8, 4) is 22.3 Å². The summed E-state index contributed by atoms with van der Waals surface area (Å²) >= 11 is 30.9. The van der Waals surface area contributed by atoms with Gasteiger partial charge in [-0.15, -0.1) is 0 Å². The van der Waals surface area contributed by atoms with Crippen LogP contribution in [-0.2, 0) is 13.1 Å². The van der Waals surface area contributed by atoms with Crippen LogP contribution in [-0.4, -0.2) is 34.0 Å². The third kappa shape index (κ3) is 5.52. The van der Waals surface area contributed by atoms with E-state index in [-0.39, 0.29) is 11.8 Å². The first kappa shape index (κ1) is 32.8. The topological polar surface area (TPSA) is 68.1 Å². The molecule has 244 valence electrons. The van der Waals surface area contributed by atoms with Crippen molar-refractivity contribution in [2.75, 3.05) is 13.1 Å². The highest BCUT2D eigenvalue weighted by Gasteiger charge is 2.28. The zero-order chi connectivity index (χ0) is 34.0. The molecular weight excluding hydrogens is 717 g/mol. The summed E-state index contributed by atoms with van der Waals surface area (Å²) in [6.07, 6.45) is 0. The first-order chi connectivity index (χ1) is 22.9. The highest BCUT2D eigenvalue weighted by molar-refractivity contribution is 6.37. The number of benzene rings is 4. The number of nitrogens with one attached hydrogen (secondary N) is 2. The van der Waals surface area contributed by atoms with Crippen molar-refractivity contribution in [1.29, 1.82) is 0 Å². The van der Waals surface area contributed by atoms with Gasteiger partial charge >= 0.3 is 0 Å². The lowest BCUT2D eigenvalue weighted by molar-refractivity contribution is 0.0920. The summed E-state index contributed by atoms with van der Waals surface area (Å²) in [7, 11) is 0. The van der Waals surface area contributed by atoms with Crippen LogP contribution in [0.4, 0.5) is 4.39 Å². The molecule has 8 rings (SSSR count). The molecule has 6 aromatic rings. The fraction of sp³-hybridized carbons (Fsp3) is 0.167. The number of amides is 2. The van der Waals surface area contributed by atoms with Gasteiger partial charge in [0.05, 0.1) is 11.0 Å². The van der Waals surface area contributed by atoms with Gasteiger partial charge in [0.25, 0.3) is 11.8 Å². The van der Waals surface area contributed by atoms with E-state index in [9.17, 15) is 14.0 Å². The number of nitrogens with zero attached hydrogens (tertiary/aromatic N) is 2. The Morgan fingerprint density at radius 1 is 0.583 bits per heavy atom. The molecule has 0 radical (unpaired) electrons. The molecule has 6 nitrogen and oxygen atoms in total. The maximum atomic E-state index is 14.5. The Hall–Kier alpha value is -3.72. The van der Waals surface area contributed by atoms with Gasteiger partial charge in [0.1, 0.15) is 17.2 Å². The van der Waals surface area contributed by atoms with Crippen molar-refractivity contribution in [2.45, 2.75) is 26.9 Å². The molecule has 0 aliphatic carbocycles. The smallest absolute Gasteiger partial charge is 0.268 e. The largest absolute Gasteiger partial charge is 0.349 e. The maximum Gasteiger partial charge on any atom is 0.268 e. The van der Waals surface area contributed by atoms with Gasteiger partial charge in [-0.25, -0.2) is 4.39 Å². The van der Waals surface area contributed by atoms with E-state index < -0.39 is 5.82 Å². The van der Waals surface area contributed by atoms with Gasteiger partial charge in [0.15, 0.2) is 0 Å². The van der Waals surface area contributed by atoms with Crippen molar-refractivity contribution in [1.82, 2.24) is 19.8 Å². The molecule has 2 aliphatic rings. The van der Waals surface area contributed by atoms with Crippen molar-refractivity contribution in [2.24, 2.45) is 0 Å². The molecule has 0 unspecified atom stereocenters. The van der Waals surface area contributed by atoms with Gasteiger partial charge in [0.2, 0.25) is 0 Å². The molecule has 0 saturated heterocycles. The highest BCUT2D eigenvalue weighted by Crippen LogP contribution is 2.41. The average Bonchev–Trinajstić information content (AvgIpc) is 3.49. The Labute approximate surface area is 300 Å². The second kappa shape index (κ2) is 12.6. The standard InChI is InChI=1S/C18H13Cl3N2O.C18H13Cl2FN2O/c2*1-9-13-6-11(20)7-14(12-3-2-10(19)8-15(12)21)17(13)23-5-4-22-18(24)16(9)23/h2*2-3,6-8H,4-5H2,1H3,(H,22,24). The van der Waals surface area contributed by atoms with Gasteiger partial charge < -0.3 is 19.8 Å². The fourth-order valence-corrected chi connectivity index (χ4v) is 7.93. The van der Waals surface area contributed by atoms with Gasteiger partial charge in [0, 0.05) is 84.3 Å². The van der Waals surface area contributed by atoms with E-state index in [2.05, 4.69) is 15.2 Å². The van der Waals surface area contributed by atoms with Crippen LogP contribution in [0, 0.1) is 19.7 Å². The first-order valence-corrected chi connectivity index (χ1v) is 17.0. The van der Waals surface area contributed by atoms with E-state index >= 15 is 0 Å². The minimum absolute atomic E-state index is 0.0563. The quantitative estimate of drug-likeness (QED) is 0.186.